The molecule has 0 atom stereocenters. The minimum atomic E-state index is -0.309. The van der Waals surface area contributed by atoms with Gasteiger partial charge in [-0.1, -0.05) is 29.8 Å². The summed E-state index contributed by atoms with van der Waals surface area (Å²) in [6.07, 6.45) is 2.02. The average molecular weight is 453 g/mol. The predicted molar refractivity (Wildman–Crippen MR) is 127 cm³/mol. The highest BCUT2D eigenvalue weighted by molar-refractivity contribution is 6.30. The van der Waals surface area contributed by atoms with Gasteiger partial charge in [-0.3, -0.25) is 0 Å². The van der Waals surface area contributed by atoms with Gasteiger partial charge in [-0.05, 0) is 76.9 Å². The lowest BCUT2D eigenvalue weighted by Gasteiger charge is -2.28. The van der Waals surface area contributed by atoms with E-state index in [1.165, 1.54) is 0 Å². The standard InChI is InChI=1S/C25H29ClN4O2/c1-17-22(16-29(19-12-13-19)24(31)27-25(2,3)4)23(32-21-14-10-18(26)11-15-21)30(28-17)20-8-6-5-7-9-20/h5-11,14-15,19H,12-13,16H2,1-4H3,(H,27,31). The lowest BCUT2D eigenvalue weighted by molar-refractivity contribution is 0.182. The molecule has 0 aliphatic heterocycles. The fourth-order valence-corrected chi connectivity index (χ4v) is 3.63. The Morgan fingerprint density at radius 2 is 1.81 bits per heavy atom. The number of halogens is 1. The zero-order valence-corrected chi connectivity index (χ0v) is 19.7. The summed E-state index contributed by atoms with van der Waals surface area (Å²) in [6.45, 7) is 8.35. The second kappa shape index (κ2) is 8.87. The van der Waals surface area contributed by atoms with Crippen LogP contribution in [-0.2, 0) is 6.54 Å². The first-order chi connectivity index (χ1) is 15.2. The van der Waals surface area contributed by atoms with Crippen LogP contribution < -0.4 is 10.1 Å². The fraction of sp³-hybridized carbons (Fsp3) is 0.360. The van der Waals surface area contributed by atoms with Crippen molar-refractivity contribution < 1.29 is 9.53 Å². The first-order valence-corrected chi connectivity index (χ1v) is 11.3. The molecule has 1 aliphatic rings. The molecule has 0 unspecified atom stereocenters. The molecule has 7 heteroatoms. The molecule has 1 aromatic heterocycles. The number of hydrogen-bond acceptors (Lipinski definition) is 3. The smallest absolute Gasteiger partial charge is 0.318 e. The molecule has 1 saturated carbocycles. The zero-order valence-electron chi connectivity index (χ0n) is 18.9. The van der Waals surface area contributed by atoms with Gasteiger partial charge in [-0.25, -0.2) is 9.48 Å². The number of nitrogens with one attached hydrogen (secondary N) is 1. The van der Waals surface area contributed by atoms with Crippen molar-refractivity contribution >= 4 is 17.6 Å². The van der Waals surface area contributed by atoms with Crippen LogP contribution in [-0.4, -0.2) is 32.3 Å². The summed E-state index contributed by atoms with van der Waals surface area (Å²) in [5.74, 6) is 1.26. The van der Waals surface area contributed by atoms with Crippen molar-refractivity contribution in [3.05, 3.63) is 70.9 Å². The van der Waals surface area contributed by atoms with E-state index in [4.69, 9.17) is 21.4 Å². The summed E-state index contributed by atoms with van der Waals surface area (Å²) >= 11 is 6.05. The van der Waals surface area contributed by atoms with E-state index in [0.29, 0.717) is 23.2 Å². The number of rotatable bonds is 6. The predicted octanol–water partition coefficient (Wildman–Crippen LogP) is 6.10. The van der Waals surface area contributed by atoms with Gasteiger partial charge >= 0.3 is 6.03 Å². The topological polar surface area (TPSA) is 59.4 Å². The van der Waals surface area contributed by atoms with Crippen molar-refractivity contribution in [3.8, 4) is 17.3 Å². The van der Waals surface area contributed by atoms with E-state index < -0.39 is 0 Å². The summed E-state index contributed by atoms with van der Waals surface area (Å²) < 4.78 is 8.13. The molecule has 4 rings (SSSR count). The highest BCUT2D eigenvalue weighted by Gasteiger charge is 2.35. The van der Waals surface area contributed by atoms with E-state index in [1.807, 2.05) is 75.1 Å². The molecule has 1 heterocycles. The highest BCUT2D eigenvalue weighted by Crippen LogP contribution is 2.35. The van der Waals surface area contributed by atoms with Gasteiger partial charge in [0, 0.05) is 16.6 Å². The van der Waals surface area contributed by atoms with Crippen LogP contribution in [0.1, 0.15) is 44.9 Å². The number of carbonyl (C=O) groups excluding carboxylic acids is 1. The largest absolute Gasteiger partial charge is 0.439 e. The maximum Gasteiger partial charge on any atom is 0.318 e. The third-order valence-electron chi connectivity index (χ3n) is 5.23. The number of aryl methyl sites for hydroxylation is 1. The van der Waals surface area contributed by atoms with Crippen LogP contribution in [0.15, 0.2) is 54.6 Å². The Hall–Kier alpha value is -2.99. The molecule has 0 saturated heterocycles. The fourth-order valence-electron chi connectivity index (χ4n) is 3.50. The number of ether oxygens (including phenoxy) is 1. The van der Waals surface area contributed by atoms with Gasteiger partial charge in [0.15, 0.2) is 0 Å². The second-order valence-electron chi connectivity index (χ2n) is 9.21. The molecule has 0 radical (unpaired) electrons. The van der Waals surface area contributed by atoms with Crippen molar-refractivity contribution in [3.63, 3.8) is 0 Å². The SMILES string of the molecule is Cc1nn(-c2ccccc2)c(Oc2ccc(Cl)cc2)c1CN(C(=O)NC(C)(C)C)C1CC1. The lowest BCUT2D eigenvalue weighted by Crippen LogP contribution is -2.49. The molecule has 168 valence electrons. The molecule has 1 fully saturated rings. The van der Waals surface area contributed by atoms with Crippen LogP contribution in [0.4, 0.5) is 4.79 Å². The van der Waals surface area contributed by atoms with Crippen molar-refractivity contribution in [2.24, 2.45) is 0 Å². The van der Waals surface area contributed by atoms with Gasteiger partial charge in [0.1, 0.15) is 5.75 Å². The lowest BCUT2D eigenvalue weighted by atomic mass is 10.1. The molecule has 1 N–H and O–H groups in total. The van der Waals surface area contributed by atoms with Crippen LogP contribution in [0.3, 0.4) is 0 Å². The normalized spacial score (nSPS) is 13.7. The third-order valence-corrected chi connectivity index (χ3v) is 5.48. The molecule has 3 aromatic rings. The number of carbonyl (C=O) groups is 1. The monoisotopic (exact) mass is 452 g/mol. The maximum absolute atomic E-state index is 13.1. The number of aromatic nitrogens is 2. The summed E-state index contributed by atoms with van der Waals surface area (Å²) in [6, 6.07) is 17.3. The van der Waals surface area contributed by atoms with Crippen molar-refractivity contribution in [1.82, 2.24) is 20.0 Å². The highest BCUT2D eigenvalue weighted by atomic mass is 35.5. The maximum atomic E-state index is 13.1. The summed E-state index contributed by atoms with van der Waals surface area (Å²) in [4.78, 5) is 15.0. The Bertz CT molecular complexity index is 1080. The van der Waals surface area contributed by atoms with Gasteiger partial charge in [0.2, 0.25) is 5.88 Å². The Morgan fingerprint density at radius 1 is 1.16 bits per heavy atom. The van der Waals surface area contributed by atoms with Gasteiger partial charge in [0.25, 0.3) is 0 Å². The van der Waals surface area contributed by atoms with E-state index in [0.717, 1.165) is 29.8 Å². The quantitative estimate of drug-likeness (QED) is 0.491. The van der Waals surface area contributed by atoms with Gasteiger partial charge in [0.05, 0.1) is 23.5 Å². The van der Waals surface area contributed by atoms with Crippen LogP contribution in [0.5, 0.6) is 11.6 Å². The van der Waals surface area contributed by atoms with Crippen LogP contribution in [0.25, 0.3) is 5.69 Å². The van der Waals surface area contributed by atoms with Crippen molar-refractivity contribution in [1.29, 1.82) is 0 Å². The first-order valence-electron chi connectivity index (χ1n) is 10.9. The van der Waals surface area contributed by atoms with E-state index in [1.54, 1.807) is 16.8 Å². The Kier molecular flexibility index (Phi) is 6.15. The number of hydrogen-bond donors (Lipinski definition) is 1. The van der Waals surface area contributed by atoms with Crippen LogP contribution >= 0.6 is 11.6 Å². The number of amides is 2. The van der Waals surface area contributed by atoms with Gasteiger partial charge < -0.3 is 15.0 Å². The molecule has 6 nitrogen and oxygen atoms in total. The molecule has 0 spiro atoms. The van der Waals surface area contributed by atoms with E-state index in [9.17, 15) is 4.79 Å². The molecular weight excluding hydrogens is 424 g/mol. The molecule has 0 bridgehead atoms. The second-order valence-corrected chi connectivity index (χ2v) is 9.65. The van der Waals surface area contributed by atoms with Gasteiger partial charge in [-0.2, -0.15) is 5.10 Å². The summed E-state index contributed by atoms with van der Waals surface area (Å²) in [5.41, 5.74) is 2.30. The number of para-hydroxylation sites is 1. The Morgan fingerprint density at radius 3 is 2.41 bits per heavy atom. The van der Waals surface area contributed by atoms with Crippen molar-refractivity contribution in [2.75, 3.05) is 0 Å². The van der Waals surface area contributed by atoms with Gasteiger partial charge in [-0.15, -0.1) is 0 Å². The van der Waals surface area contributed by atoms with E-state index in [2.05, 4.69) is 5.32 Å². The first kappa shape index (κ1) is 22.2. The van der Waals surface area contributed by atoms with E-state index >= 15 is 0 Å². The molecule has 1 aliphatic carbocycles. The Labute approximate surface area is 194 Å². The minimum absolute atomic E-state index is 0.0655. The Balaban J connectivity index is 1.72. The zero-order chi connectivity index (χ0) is 22.9. The third kappa shape index (κ3) is 5.25. The van der Waals surface area contributed by atoms with Crippen LogP contribution in [0, 0.1) is 6.92 Å². The minimum Gasteiger partial charge on any atom is -0.439 e. The average Bonchev–Trinajstić information content (AvgIpc) is 3.53. The molecule has 2 aromatic carbocycles. The summed E-state index contributed by atoms with van der Waals surface area (Å²) in [5, 5.41) is 8.51. The molecule has 2 amide bonds. The number of nitrogens with zero attached hydrogens (tertiary/aromatic N) is 3. The molecular formula is C25H29ClN4O2. The van der Waals surface area contributed by atoms with Crippen molar-refractivity contribution in [2.45, 2.75) is 58.7 Å². The van der Waals surface area contributed by atoms with Crippen LogP contribution in [0.2, 0.25) is 5.02 Å². The number of benzene rings is 2. The molecule has 32 heavy (non-hydrogen) atoms. The van der Waals surface area contributed by atoms with E-state index in [-0.39, 0.29) is 17.6 Å². The number of urea groups is 1. The summed E-state index contributed by atoms with van der Waals surface area (Å²) in [7, 11) is 0.